The van der Waals surface area contributed by atoms with Crippen LogP contribution in [0.25, 0.3) is 22.3 Å². The van der Waals surface area contributed by atoms with E-state index in [1.165, 1.54) is 33.4 Å². The van der Waals surface area contributed by atoms with Gasteiger partial charge in [0.05, 0.1) is 0 Å². The van der Waals surface area contributed by atoms with Gasteiger partial charge < -0.3 is 14.7 Å². The smallest absolute Gasteiger partial charge is 0.0482 e. The molecule has 0 N–H and O–H groups in total. The molecule has 3 nitrogen and oxygen atoms in total. The molecule has 0 radical (unpaired) electrons. The second-order valence-electron chi connectivity index (χ2n) is 15.9. The topological polar surface area (TPSA) is 9.72 Å². The van der Waals surface area contributed by atoms with Crippen molar-refractivity contribution in [3.8, 4) is 22.3 Å². The molecule has 1 aliphatic carbocycles. The maximum Gasteiger partial charge on any atom is 0.0482 e. The van der Waals surface area contributed by atoms with Gasteiger partial charge in [0.15, 0.2) is 0 Å². The van der Waals surface area contributed by atoms with E-state index in [0.717, 1.165) is 51.2 Å². The number of rotatable bonds is 10. The van der Waals surface area contributed by atoms with Gasteiger partial charge in [0.1, 0.15) is 0 Å². The summed E-state index contributed by atoms with van der Waals surface area (Å²) < 4.78 is 0. The Hall–Kier alpha value is -7.62. The van der Waals surface area contributed by atoms with E-state index in [2.05, 4.69) is 265 Å². The SMILES string of the molecule is CC1(C)c2ccccc2-c2ccc(N(c3cccc(N(c4ccccc4)c4ccccc4)c3)c3cccc(N(c4ccccc4)c4ccc(-c5ccccc5)cc4)c3)cc21. The average molecular weight is 772 g/mol. The summed E-state index contributed by atoms with van der Waals surface area (Å²) in [7, 11) is 0. The first-order valence-electron chi connectivity index (χ1n) is 20.7. The normalized spacial score (nSPS) is 12.3. The van der Waals surface area contributed by atoms with E-state index in [9.17, 15) is 0 Å². The zero-order valence-corrected chi connectivity index (χ0v) is 33.9. The van der Waals surface area contributed by atoms with Crippen LogP contribution in [0, 0.1) is 0 Å². The molecule has 0 saturated carbocycles. The van der Waals surface area contributed by atoms with Gasteiger partial charge in [-0.15, -0.1) is 0 Å². The standard InChI is InChI=1S/C57H45N3/c1-57(2)55-32-16-15-31-53(55)54-38-37-52(41-56(54)57)60(50-29-17-27-48(39-50)58(44-21-9-4-10-22-44)45-23-11-5-12-24-45)51-30-18-28-49(40-51)59(46-25-13-6-14-26-46)47-35-33-43(34-36-47)42-19-7-3-8-20-42/h3-41H,1-2H3. The first-order chi connectivity index (χ1) is 29.5. The van der Waals surface area contributed by atoms with Gasteiger partial charge in [0.25, 0.3) is 0 Å². The van der Waals surface area contributed by atoms with E-state index in [4.69, 9.17) is 0 Å². The number of para-hydroxylation sites is 3. The lowest BCUT2D eigenvalue weighted by molar-refractivity contribution is 0.660. The molecule has 0 atom stereocenters. The average Bonchev–Trinajstić information content (AvgIpc) is 3.54. The first kappa shape index (κ1) is 36.7. The van der Waals surface area contributed by atoms with E-state index in [0.29, 0.717) is 0 Å². The Morgan fingerprint density at radius 2 is 0.583 bits per heavy atom. The zero-order valence-electron chi connectivity index (χ0n) is 33.9. The Morgan fingerprint density at radius 1 is 0.250 bits per heavy atom. The highest BCUT2D eigenvalue weighted by atomic mass is 15.2. The molecule has 1 aliphatic rings. The molecule has 0 bridgehead atoms. The molecule has 9 aromatic carbocycles. The molecule has 0 spiro atoms. The van der Waals surface area contributed by atoms with Gasteiger partial charge in [-0.25, -0.2) is 0 Å². The predicted octanol–water partition coefficient (Wildman–Crippen LogP) is 16.1. The maximum absolute atomic E-state index is 2.42. The summed E-state index contributed by atoms with van der Waals surface area (Å²) in [5, 5.41) is 0. The third kappa shape index (κ3) is 6.80. The maximum atomic E-state index is 2.42. The second-order valence-corrected chi connectivity index (χ2v) is 15.9. The molecular weight excluding hydrogens is 727 g/mol. The van der Waals surface area contributed by atoms with Gasteiger partial charge in [0.2, 0.25) is 0 Å². The van der Waals surface area contributed by atoms with Crippen LogP contribution in [0.15, 0.2) is 237 Å². The van der Waals surface area contributed by atoms with Crippen molar-refractivity contribution in [3.05, 3.63) is 248 Å². The van der Waals surface area contributed by atoms with Crippen molar-refractivity contribution in [1.29, 1.82) is 0 Å². The van der Waals surface area contributed by atoms with Gasteiger partial charge >= 0.3 is 0 Å². The van der Waals surface area contributed by atoms with Crippen molar-refractivity contribution < 1.29 is 0 Å². The molecule has 10 rings (SSSR count). The number of fused-ring (bicyclic) bond motifs is 3. The Bertz CT molecular complexity index is 2850. The summed E-state index contributed by atoms with van der Waals surface area (Å²) in [6.07, 6.45) is 0. The van der Waals surface area contributed by atoms with Crippen molar-refractivity contribution in [2.24, 2.45) is 0 Å². The number of nitrogens with zero attached hydrogens (tertiary/aromatic N) is 3. The molecule has 9 aromatic rings. The molecule has 0 saturated heterocycles. The third-order valence-electron chi connectivity index (χ3n) is 11.8. The molecule has 0 fully saturated rings. The molecule has 3 heteroatoms. The van der Waals surface area contributed by atoms with Gasteiger partial charge in [0, 0.05) is 56.6 Å². The summed E-state index contributed by atoms with van der Waals surface area (Å²) in [5.41, 5.74) is 17.3. The van der Waals surface area contributed by atoms with Crippen LogP contribution in [0.4, 0.5) is 51.2 Å². The molecule has 288 valence electrons. The lowest BCUT2D eigenvalue weighted by Gasteiger charge is -2.31. The van der Waals surface area contributed by atoms with Gasteiger partial charge in [-0.3, -0.25) is 0 Å². The van der Waals surface area contributed by atoms with Gasteiger partial charge in [-0.1, -0.05) is 153 Å². The van der Waals surface area contributed by atoms with E-state index in [1.54, 1.807) is 0 Å². The van der Waals surface area contributed by atoms with Crippen molar-refractivity contribution in [1.82, 2.24) is 0 Å². The fourth-order valence-electron chi connectivity index (χ4n) is 8.88. The predicted molar refractivity (Wildman–Crippen MR) is 253 cm³/mol. The van der Waals surface area contributed by atoms with Crippen LogP contribution in [-0.4, -0.2) is 0 Å². The Kier molecular flexibility index (Phi) is 9.55. The highest BCUT2D eigenvalue weighted by molar-refractivity contribution is 5.89. The van der Waals surface area contributed by atoms with Crippen LogP contribution in [0.2, 0.25) is 0 Å². The molecule has 0 heterocycles. The van der Waals surface area contributed by atoms with E-state index < -0.39 is 0 Å². The molecule has 0 aromatic heterocycles. The van der Waals surface area contributed by atoms with Crippen molar-refractivity contribution >= 4 is 51.2 Å². The van der Waals surface area contributed by atoms with Crippen molar-refractivity contribution in [2.75, 3.05) is 14.7 Å². The zero-order chi connectivity index (χ0) is 40.5. The van der Waals surface area contributed by atoms with Gasteiger partial charge in [-0.2, -0.15) is 0 Å². The summed E-state index contributed by atoms with van der Waals surface area (Å²) in [5.74, 6) is 0. The molecule has 0 amide bonds. The summed E-state index contributed by atoms with van der Waals surface area (Å²) in [6, 6.07) is 85.1. The van der Waals surface area contributed by atoms with Crippen LogP contribution < -0.4 is 14.7 Å². The Balaban J connectivity index is 1.14. The number of anilines is 9. The number of hydrogen-bond acceptors (Lipinski definition) is 3. The summed E-state index contributed by atoms with van der Waals surface area (Å²) >= 11 is 0. The summed E-state index contributed by atoms with van der Waals surface area (Å²) in [6.45, 7) is 4.71. The van der Waals surface area contributed by atoms with Crippen molar-refractivity contribution in [2.45, 2.75) is 19.3 Å². The minimum absolute atomic E-state index is 0.148. The monoisotopic (exact) mass is 771 g/mol. The van der Waals surface area contributed by atoms with E-state index >= 15 is 0 Å². The van der Waals surface area contributed by atoms with Crippen LogP contribution in [0.1, 0.15) is 25.0 Å². The number of hydrogen-bond donors (Lipinski definition) is 0. The fraction of sp³-hybridized carbons (Fsp3) is 0.0526. The van der Waals surface area contributed by atoms with Gasteiger partial charge in [-0.05, 0) is 130 Å². The lowest BCUT2D eigenvalue weighted by atomic mass is 9.82. The summed E-state index contributed by atoms with van der Waals surface area (Å²) in [4.78, 5) is 7.10. The van der Waals surface area contributed by atoms with Crippen LogP contribution in [0.5, 0.6) is 0 Å². The quantitative estimate of drug-likeness (QED) is 0.137. The van der Waals surface area contributed by atoms with Crippen LogP contribution in [-0.2, 0) is 5.41 Å². The van der Waals surface area contributed by atoms with E-state index in [1.807, 2.05) is 0 Å². The first-order valence-corrected chi connectivity index (χ1v) is 20.7. The second kappa shape index (κ2) is 15.6. The third-order valence-corrected chi connectivity index (χ3v) is 11.8. The largest absolute Gasteiger partial charge is 0.310 e. The lowest BCUT2D eigenvalue weighted by Crippen LogP contribution is -2.17. The highest BCUT2D eigenvalue weighted by Gasteiger charge is 2.36. The minimum Gasteiger partial charge on any atom is -0.310 e. The van der Waals surface area contributed by atoms with E-state index in [-0.39, 0.29) is 5.41 Å². The van der Waals surface area contributed by atoms with Crippen LogP contribution in [0.3, 0.4) is 0 Å². The molecule has 0 unspecified atom stereocenters. The molecule has 60 heavy (non-hydrogen) atoms. The fourth-order valence-corrected chi connectivity index (χ4v) is 8.88. The number of benzene rings is 9. The minimum atomic E-state index is -0.148. The molecule has 0 aliphatic heterocycles. The highest BCUT2D eigenvalue weighted by Crippen LogP contribution is 2.51. The Labute approximate surface area is 353 Å². The van der Waals surface area contributed by atoms with Crippen molar-refractivity contribution in [3.63, 3.8) is 0 Å². The Morgan fingerprint density at radius 3 is 1.08 bits per heavy atom. The van der Waals surface area contributed by atoms with Crippen LogP contribution >= 0.6 is 0 Å². The molecular formula is C57H45N3.